The Bertz CT molecular complexity index is 815. The average Bonchev–Trinajstić information content (AvgIpc) is 3.34. The molecule has 0 N–H and O–H groups in total. The van der Waals surface area contributed by atoms with Crippen LogP contribution in [0.5, 0.6) is 11.5 Å². The lowest BCUT2D eigenvalue weighted by molar-refractivity contribution is -0.140. The number of benzene rings is 1. The smallest absolute Gasteiger partial charge is 0.254 e. The van der Waals surface area contributed by atoms with Crippen LogP contribution < -0.4 is 9.47 Å². The number of rotatable bonds is 7. The van der Waals surface area contributed by atoms with Crippen LogP contribution in [0.2, 0.25) is 0 Å². The first-order valence-corrected chi connectivity index (χ1v) is 9.24. The number of hydrogen-bond acceptors (Lipinski definition) is 5. The van der Waals surface area contributed by atoms with E-state index in [2.05, 4.69) is 23.8 Å². The molecular weight excluding hydrogens is 344 g/mol. The molecule has 0 spiro atoms. The Morgan fingerprint density at radius 1 is 1.15 bits per heavy atom. The second kappa shape index (κ2) is 7.02. The third-order valence-corrected chi connectivity index (χ3v) is 5.39. The molecule has 3 aliphatic rings. The first kappa shape index (κ1) is 17.5. The van der Waals surface area contributed by atoms with Gasteiger partial charge in [0, 0.05) is 0 Å². The number of carbonyl (C=O) groups is 2. The summed E-state index contributed by atoms with van der Waals surface area (Å²) < 4.78 is 11.2. The van der Waals surface area contributed by atoms with Crippen LogP contribution in [0.15, 0.2) is 48.1 Å². The molecule has 1 heterocycles. The van der Waals surface area contributed by atoms with Crippen LogP contribution in [-0.2, 0) is 9.59 Å². The highest BCUT2D eigenvalue weighted by Gasteiger charge is 2.59. The predicted octanol–water partition coefficient (Wildman–Crippen LogP) is 2.79. The number of carbonyl (C=O) groups excluding carboxylic acids is 2. The summed E-state index contributed by atoms with van der Waals surface area (Å²) in [6.45, 7) is 6.40. The molecule has 1 aliphatic heterocycles. The van der Waals surface area contributed by atoms with Gasteiger partial charge in [0.1, 0.15) is 6.61 Å². The lowest BCUT2D eigenvalue weighted by atomic mass is 9.85. The first-order chi connectivity index (χ1) is 13.1. The maximum atomic E-state index is 12.7. The van der Waals surface area contributed by atoms with Gasteiger partial charge in [-0.1, -0.05) is 24.8 Å². The van der Waals surface area contributed by atoms with Gasteiger partial charge in [-0.15, -0.1) is 0 Å². The van der Waals surface area contributed by atoms with Crippen molar-refractivity contribution in [2.24, 2.45) is 28.8 Å². The van der Waals surface area contributed by atoms with Gasteiger partial charge in [0.25, 0.3) is 11.8 Å². The first-order valence-electron chi connectivity index (χ1n) is 9.24. The number of nitrogens with zero attached hydrogens (tertiary/aromatic N) is 2. The molecule has 6 heteroatoms. The molecule has 2 amide bonds. The van der Waals surface area contributed by atoms with Crippen LogP contribution in [0.3, 0.4) is 0 Å². The summed E-state index contributed by atoms with van der Waals surface area (Å²) in [5.74, 6) is 0.714. The predicted molar refractivity (Wildman–Crippen MR) is 100 cm³/mol. The maximum Gasteiger partial charge on any atom is 0.254 e. The van der Waals surface area contributed by atoms with Gasteiger partial charge in [-0.3, -0.25) is 9.59 Å². The van der Waals surface area contributed by atoms with Crippen molar-refractivity contribution in [3.63, 3.8) is 0 Å². The SMILES string of the molecule is C=CCOc1ccc(C=NN2C(=O)C3C4C=CC(C4)C3C2=O)cc1OCC. The lowest BCUT2D eigenvalue weighted by Gasteiger charge is -2.13. The molecule has 4 atom stereocenters. The zero-order chi connectivity index (χ0) is 19.0. The minimum absolute atomic E-state index is 0.183. The Labute approximate surface area is 158 Å². The van der Waals surface area contributed by atoms with Gasteiger partial charge in [-0.2, -0.15) is 10.1 Å². The number of imide groups is 1. The van der Waals surface area contributed by atoms with E-state index in [0.29, 0.717) is 24.7 Å². The second-order valence-corrected chi connectivity index (χ2v) is 6.97. The number of hydrazone groups is 1. The minimum Gasteiger partial charge on any atom is -0.490 e. The number of allylic oxidation sites excluding steroid dienone is 2. The van der Waals surface area contributed by atoms with Crippen molar-refractivity contribution in [3.05, 3.63) is 48.6 Å². The van der Waals surface area contributed by atoms with E-state index in [1.54, 1.807) is 18.2 Å². The van der Waals surface area contributed by atoms with Crippen molar-refractivity contribution in [2.45, 2.75) is 13.3 Å². The fourth-order valence-corrected chi connectivity index (χ4v) is 4.27. The fourth-order valence-electron chi connectivity index (χ4n) is 4.27. The molecule has 2 bridgehead atoms. The van der Waals surface area contributed by atoms with Crippen LogP contribution in [0, 0.1) is 23.7 Å². The molecule has 6 nitrogen and oxygen atoms in total. The van der Waals surface area contributed by atoms with Gasteiger partial charge in [0.05, 0.1) is 24.7 Å². The molecule has 1 aromatic rings. The summed E-state index contributed by atoms with van der Waals surface area (Å²) in [5, 5.41) is 5.24. The van der Waals surface area contributed by atoms with E-state index in [1.165, 1.54) is 6.21 Å². The Balaban J connectivity index is 1.53. The number of hydrogen-bond donors (Lipinski definition) is 0. The van der Waals surface area contributed by atoms with E-state index < -0.39 is 0 Å². The topological polar surface area (TPSA) is 68.2 Å². The molecule has 2 aliphatic carbocycles. The zero-order valence-corrected chi connectivity index (χ0v) is 15.2. The summed E-state index contributed by atoms with van der Waals surface area (Å²) in [5.41, 5.74) is 0.725. The quantitative estimate of drug-likeness (QED) is 0.423. The molecule has 4 unspecified atom stereocenters. The molecule has 1 saturated heterocycles. The number of amides is 2. The van der Waals surface area contributed by atoms with Crippen molar-refractivity contribution in [2.75, 3.05) is 13.2 Å². The van der Waals surface area contributed by atoms with Gasteiger partial charge < -0.3 is 9.47 Å². The molecule has 27 heavy (non-hydrogen) atoms. The highest BCUT2D eigenvalue weighted by Crippen LogP contribution is 2.52. The number of ether oxygens (including phenoxy) is 2. The van der Waals surface area contributed by atoms with E-state index in [9.17, 15) is 9.59 Å². The summed E-state index contributed by atoms with van der Waals surface area (Å²) in [6.07, 6.45) is 8.23. The molecule has 0 radical (unpaired) electrons. The monoisotopic (exact) mass is 366 g/mol. The van der Waals surface area contributed by atoms with E-state index in [4.69, 9.17) is 9.47 Å². The van der Waals surface area contributed by atoms with E-state index >= 15 is 0 Å². The van der Waals surface area contributed by atoms with Crippen LogP contribution >= 0.6 is 0 Å². The van der Waals surface area contributed by atoms with E-state index in [-0.39, 0.29) is 35.5 Å². The van der Waals surface area contributed by atoms with Crippen molar-refractivity contribution < 1.29 is 19.1 Å². The summed E-state index contributed by atoms with van der Waals surface area (Å²) in [6, 6.07) is 5.37. The van der Waals surface area contributed by atoms with Crippen molar-refractivity contribution >= 4 is 18.0 Å². The Morgan fingerprint density at radius 3 is 2.48 bits per heavy atom. The largest absolute Gasteiger partial charge is 0.490 e. The highest BCUT2D eigenvalue weighted by molar-refractivity contribution is 6.06. The normalized spacial score (nSPS) is 28.3. The van der Waals surface area contributed by atoms with Crippen molar-refractivity contribution in [1.29, 1.82) is 0 Å². The Morgan fingerprint density at radius 2 is 1.85 bits per heavy atom. The molecule has 4 rings (SSSR count). The molecule has 140 valence electrons. The van der Waals surface area contributed by atoms with E-state index in [0.717, 1.165) is 17.0 Å². The van der Waals surface area contributed by atoms with Gasteiger partial charge >= 0.3 is 0 Å². The van der Waals surface area contributed by atoms with Crippen molar-refractivity contribution in [1.82, 2.24) is 5.01 Å². The summed E-state index contributed by atoms with van der Waals surface area (Å²) in [4.78, 5) is 25.3. The standard InChI is InChI=1S/C21H22N2O4/c1-3-9-27-16-8-5-13(10-17(16)26-4-2)12-22-23-20(24)18-14-6-7-15(11-14)19(18)21(23)25/h3,5-8,10,12,14-15,18-19H,1,4,9,11H2,2H3. The van der Waals surface area contributed by atoms with E-state index in [1.807, 2.05) is 13.0 Å². The van der Waals surface area contributed by atoms with Gasteiger partial charge in [0.2, 0.25) is 0 Å². The lowest BCUT2D eigenvalue weighted by Crippen LogP contribution is -2.28. The minimum atomic E-state index is -0.238. The number of fused-ring (bicyclic) bond motifs is 5. The van der Waals surface area contributed by atoms with Crippen molar-refractivity contribution in [3.8, 4) is 11.5 Å². The molecule has 2 fully saturated rings. The third kappa shape index (κ3) is 2.95. The highest BCUT2D eigenvalue weighted by atomic mass is 16.5. The van der Waals surface area contributed by atoms with Crippen LogP contribution in [0.1, 0.15) is 18.9 Å². The second-order valence-electron chi connectivity index (χ2n) is 6.97. The third-order valence-electron chi connectivity index (χ3n) is 5.39. The van der Waals surface area contributed by atoms with Crippen LogP contribution in [0.25, 0.3) is 0 Å². The van der Waals surface area contributed by atoms with Gasteiger partial charge in [-0.05, 0) is 48.9 Å². The van der Waals surface area contributed by atoms with Crippen LogP contribution in [-0.4, -0.2) is 36.3 Å². The van der Waals surface area contributed by atoms with Gasteiger partial charge in [0.15, 0.2) is 11.5 Å². The summed E-state index contributed by atoms with van der Waals surface area (Å²) in [7, 11) is 0. The Kier molecular flexibility index (Phi) is 4.56. The summed E-state index contributed by atoms with van der Waals surface area (Å²) >= 11 is 0. The Hall–Kier alpha value is -2.89. The van der Waals surface area contributed by atoms with Gasteiger partial charge in [-0.25, -0.2) is 0 Å². The maximum absolute atomic E-state index is 12.7. The average molecular weight is 366 g/mol. The van der Waals surface area contributed by atoms with Crippen LogP contribution in [0.4, 0.5) is 0 Å². The zero-order valence-electron chi connectivity index (χ0n) is 15.2. The molecule has 1 saturated carbocycles. The molecule has 1 aromatic carbocycles. The molecular formula is C21H22N2O4. The molecule has 0 aromatic heterocycles. The fraction of sp³-hybridized carbons (Fsp3) is 0.381.